The topological polar surface area (TPSA) is 139 Å². The van der Waals surface area contributed by atoms with Crippen LogP contribution < -0.4 is 27.2 Å². The highest BCUT2D eigenvalue weighted by molar-refractivity contribution is 6.06. The molecule has 1 saturated heterocycles. The molecule has 0 unspecified atom stereocenters. The van der Waals surface area contributed by atoms with Crippen molar-refractivity contribution in [2.45, 2.75) is 19.4 Å². The van der Waals surface area contributed by atoms with Crippen LogP contribution in [0.4, 0.5) is 17.6 Å². The first-order valence-electron chi connectivity index (χ1n) is 5.57. The zero-order valence-corrected chi connectivity index (χ0v) is 10.6. The molecule has 9 heteroatoms. The summed E-state index contributed by atoms with van der Waals surface area (Å²) in [7, 11) is 0. The van der Waals surface area contributed by atoms with Crippen molar-refractivity contribution in [2.75, 3.05) is 22.6 Å². The highest BCUT2D eigenvalue weighted by Gasteiger charge is 2.41. The normalized spacial score (nSPS) is 18.2. The molecule has 1 aromatic heterocycles. The van der Waals surface area contributed by atoms with Crippen molar-refractivity contribution in [3.8, 4) is 0 Å². The van der Waals surface area contributed by atoms with E-state index in [0.717, 1.165) is 0 Å². The second-order valence-electron chi connectivity index (χ2n) is 4.64. The Bertz CT molecular complexity index is 543. The zero-order valence-electron chi connectivity index (χ0n) is 10.6. The number of carbonyl (C=O) groups is 2. The quantitative estimate of drug-likeness (QED) is 0.290. The van der Waals surface area contributed by atoms with Crippen LogP contribution in [0, 0.1) is 0 Å². The number of hydrazine groups is 1. The molecule has 0 aromatic carbocycles. The molecule has 1 aliphatic heterocycles. The van der Waals surface area contributed by atoms with Crippen LogP contribution in [-0.4, -0.2) is 33.9 Å². The maximum atomic E-state index is 11.9. The minimum Gasteiger partial charge on any atom is -0.368 e. The molecule has 1 aromatic rings. The maximum Gasteiger partial charge on any atom is 0.251 e. The minimum absolute atomic E-state index is 0.000296. The molecule has 2 amide bonds. The third-order valence-electron chi connectivity index (χ3n) is 2.94. The number of piperazine rings is 1. The van der Waals surface area contributed by atoms with Gasteiger partial charge in [0.2, 0.25) is 11.9 Å². The van der Waals surface area contributed by atoms with E-state index in [9.17, 15) is 9.59 Å². The van der Waals surface area contributed by atoms with E-state index in [1.807, 2.05) is 0 Å². The Morgan fingerprint density at radius 3 is 2.74 bits per heavy atom. The molecule has 0 radical (unpaired) electrons. The van der Waals surface area contributed by atoms with Crippen LogP contribution in [0.15, 0.2) is 6.07 Å². The Morgan fingerprint density at radius 1 is 1.42 bits per heavy atom. The summed E-state index contributed by atoms with van der Waals surface area (Å²) < 4.78 is 0. The number of imide groups is 1. The average Bonchev–Trinajstić information content (AvgIpc) is 2.33. The summed E-state index contributed by atoms with van der Waals surface area (Å²) in [6.07, 6.45) is 0. The highest BCUT2D eigenvalue weighted by Crippen LogP contribution is 2.26. The van der Waals surface area contributed by atoms with Gasteiger partial charge in [0.25, 0.3) is 5.91 Å². The first kappa shape index (κ1) is 13.0. The molecule has 19 heavy (non-hydrogen) atoms. The summed E-state index contributed by atoms with van der Waals surface area (Å²) >= 11 is 0. The number of nitrogens with two attached hydrogens (primary N) is 2. The lowest BCUT2D eigenvalue weighted by molar-refractivity contribution is -0.135. The minimum atomic E-state index is -0.930. The average molecular weight is 265 g/mol. The Labute approximate surface area is 109 Å². The molecule has 0 saturated carbocycles. The number of hydrogen-bond acceptors (Lipinski definition) is 8. The van der Waals surface area contributed by atoms with Crippen LogP contribution in [0.5, 0.6) is 0 Å². The number of nitrogens with one attached hydrogen (secondary N) is 2. The SMILES string of the molecule is CC1(C)C(=O)NC(=O)CN1c1cc(NN)nc(N)n1. The van der Waals surface area contributed by atoms with Gasteiger partial charge in [-0.25, -0.2) is 5.84 Å². The standard InChI is InChI=1S/C10H15N7O2/c1-10(2)8(19)15-7(18)4-17(10)6-3-5(16-12)13-9(11)14-6/h3H,4,12H2,1-2H3,(H,15,18,19)(H3,11,13,14,16). The number of carbonyl (C=O) groups excluding carboxylic acids is 2. The van der Waals surface area contributed by atoms with Gasteiger partial charge in [-0.2, -0.15) is 9.97 Å². The first-order chi connectivity index (χ1) is 8.84. The second-order valence-corrected chi connectivity index (χ2v) is 4.64. The van der Waals surface area contributed by atoms with Crippen molar-refractivity contribution in [1.82, 2.24) is 15.3 Å². The van der Waals surface area contributed by atoms with E-state index in [4.69, 9.17) is 11.6 Å². The Morgan fingerprint density at radius 2 is 2.11 bits per heavy atom. The molecule has 0 atom stereocenters. The molecule has 102 valence electrons. The summed E-state index contributed by atoms with van der Waals surface area (Å²) in [5.74, 6) is 5.14. The second kappa shape index (κ2) is 4.35. The number of nitrogens with zero attached hydrogens (tertiary/aromatic N) is 3. The van der Waals surface area contributed by atoms with Crippen LogP contribution in [0.1, 0.15) is 13.8 Å². The molecule has 6 N–H and O–H groups in total. The van der Waals surface area contributed by atoms with Crippen LogP contribution >= 0.6 is 0 Å². The number of amides is 2. The van der Waals surface area contributed by atoms with Crippen molar-refractivity contribution in [3.05, 3.63) is 6.07 Å². The lowest BCUT2D eigenvalue weighted by Crippen LogP contribution is -2.64. The molecule has 1 fully saturated rings. The van der Waals surface area contributed by atoms with E-state index in [1.54, 1.807) is 18.7 Å². The van der Waals surface area contributed by atoms with Gasteiger partial charge in [-0.05, 0) is 13.8 Å². The molecular formula is C10H15N7O2. The van der Waals surface area contributed by atoms with E-state index >= 15 is 0 Å². The van der Waals surface area contributed by atoms with E-state index in [2.05, 4.69) is 20.7 Å². The van der Waals surface area contributed by atoms with Crippen LogP contribution in [-0.2, 0) is 9.59 Å². The number of rotatable bonds is 2. The molecule has 9 nitrogen and oxygen atoms in total. The molecule has 0 bridgehead atoms. The Balaban J connectivity index is 2.46. The summed E-state index contributed by atoms with van der Waals surface area (Å²) in [4.78, 5) is 32.8. The molecule has 2 heterocycles. The fourth-order valence-electron chi connectivity index (χ4n) is 1.82. The smallest absolute Gasteiger partial charge is 0.251 e. The fraction of sp³-hybridized carbons (Fsp3) is 0.400. The van der Waals surface area contributed by atoms with Gasteiger partial charge >= 0.3 is 0 Å². The number of aromatic nitrogens is 2. The third-order valence-corrected chi connectivity index (χ3v) is 2.94. The van der Waals surface area contributed by atoms with Crippen molar-refractivity contribution in [2.24, 2.45) is 5.84 Å². The lowest BCUT2D eigenvalue weighted by atomic mass is 9.99. The molecule has 1 aliphatic rings. The Hall–Kier alpha value is -2.42. The summed E-state index contributed by atoms with van der Waals surface area (Å²) in [6.45, 7) is 3.37. The summed E-state index contributed by atoms with van der Waals surface area (Å²) in [5.41, 5.74) is 6.99. The van der Waals surface area contributed by atoms with Gasteiger partial charge in [-0.15, -0.1) is 0 Å². The monoisotopic (exact) mass is 265 g/mol. The number of anilines is 3. The molecule has 2 rings (SSSR count). The lowest BCUT2D eigenvalue weighted by Gasteiger charge is -2.40. The van der Waals surface area contributed by atoms with Gasteiger partial charge in [0.15, 0.2) is 0 Å². The number of nitrogen functional groups attached to an aromatic ring is 2. The largest absolute Gasteiger partial charge is 0.368 e. The predicted octanol–water partition coefficient (Wildman–Crippen LogP) is -1.41. The third kappa shape index (κ3) is 2.27. The van der Waals surface area contributed by atoms with Gasteiger partial charge in [0.05, 0.1) is 6.54 Å². The van der Waals surface area contributed by atoms with Gasteiger partial charge in [0.1, 0.15) is 17.2 Å². The van der Waals surface area contributed by atoms with Crippen molar-refractivity contribution < 1.29 is 9.59 Å². The van der Waals surface area contributed by atoms with E-state index in [-0.39, 0.29) is 12.5 Å². The van der Waals surface area contributed by atoms with Gasteiger partial charge in [-0.1, -0.05) is 0 Å². The van der Waals surface area contributed by atoms with Gasteiger partial charge in [0, 0.05) is 6.07 Å². The van der Waals surface area contributed by atoms with E-state index in [0.29, 0.717) is 11.6 Å². The van der Waals surface area contributed by atoms with Crippen LogP contribution in [0.25, 0.3) is 0 Å². The first-order valence-corrected chi connectivity index (χ1v) is 5.57. The van der Waals surface area contributed by atoms with Gasteiger partial charge < -0.3 is 16.1 Å². The summed E-state index contributed by atoms with van der Waals surface area (Å²) in [5, 5.41) is 2.28. The zero-order chi connectivity index (χ0) is 14.2. The van der Waals surface area contributed by atoms with Crippen molar-refractivity contribution in [3.63, 3.8) is 0 Å². The van der Waals surface area contributed by atoms with Gasteiger partial charge in [-0.3, -0.25) is 14.9 Å². The fourth-order valence-corrected chi connectivity index (χ4v) is 1.82. The summed E-state index contributed by atoms with van der Waals surface area (Å²) in [6, 6.07) is 1.52. The molecule has 0 aliphatic carbocycles. The molecular weight excluding hydrogens is 250 g/mol. The predicted molar refractivity (Wildman–Crippen MR) is 68.8 cm³/mol. The van der Waals surface area contributed by atoms with E-state index in [1.165, 1.54) is 6.07 Å². The van der Waals surface area contributed by atoms with Crippen LogP contribution in [0.3, 0.4) is 0 Å². The molecule has 0 spiro atoms. The Kier molecular flexibility index (Phi) is 2.98. The highest BCUT2D eigenvalue weighted by atomic mass is 16.2. The van der Waals surface area contributed by atoms with Crippen LogP contribution in [0.2, 0.25) is 0 Å². The van der Waals surface area contributed by atoms with E-state index < -0.39 is 17.4 Å². The van der Waals surface area contributed by atoms with Crippen molar-refractivity contribution in [1.29, 1.82) is 0 Å². The van der Waals surface area contributed by atoms with Crippen molar-refractivity contribution >= 4 is 29.4 Å². The number of hydrogen-bond donors (Lipinski definition) is 4. The maximum absolute atomic E-state index is 11.9.